The number of carbonyl (C=O) groups is 2. The highest BCUT2D eigenvalue weighted by Crippen LogP contribution is 2.18. The van der Waals surface area contributed by atoms with E-state index in [1.807, 2.05) is 18.2 Å². The molecule has 0 aliphatic carbocycles. The molecule has 0 spiro atoms. The van der Waals surface area contributed by atoms with Crippen molar-refractivity contribution >= 4 is 17.5 Å². The van der Waals surface area contributed by atoms with Crippen molar-refractivity contribution in [1.82, 2.24) is 4.90 Å². The van der Waals surface area contributed by atoms with E-state index < -0.39 is 0 Å². The lowest BCUT2D eigenvalue weighted by molar-refractivity contribution is 0.00540. The van der Waals surface area contributed by atoms with Crippen LogP contribution >= 0.6 is 0 Å². The summed E-state index contributed by atoms with van der Waals surface area (Å²) in [7, 11) is 0. The van der Waals surface area contributed by atoms with Gasteiger partial charge in [0.25, 0.3) is 0 Å². The van der Waals surface area contributed by atoms with Gasteiger partial charge in [-0.1, -0.05) is 42.5 Å². The number of rotatable bonds is 5. The maximum atomic E-state index is 12.4. The average molecular weight is 352 g/mol. The van der Waals surface area contributed by atoms with Crippen LogP contribution in [-0.4, -0.2) is 35.9 Å². The third kappa shape index (κ3) is 4.92. The SMILES string of the molecule is CC(=O)c1cccc(NC(=O)N2CCC(OCc3ccccc3)CC2)c1. The van der Waals surface area contributed by atoms with Crippen molar-refractivity contribution in [3.8, 4) is 0 Å². The zero-order valence-electron chi connectivity index (χ0n) is 15.0. The second-order valence-corrected chi connectivity index (χ2v) is 6.55. The summed E-state index contributed by atoms with van der Waals surface area (Å²) in [4.78, 5) is 25.7. The van der Waals surface area contributed by atoms with E-state index in [1.54, 1.807) is 29.2 Å². The Bertz CT molecular complexity index is 753. The second-order valence-electron chi connectivity index (χ2n) is 6.55. The van der Waals surface area contributed by atoms with E-state index in [0.29, 0.717) is 30.9 Å². The first-order valence-electron chi connectivity index (χ1n) is 8.94. The summed E-state index contributed by atoms with van der Waals surface area (Å²) < 4.78 is 5.96. The molecule has 5 heteroatoms. The fourth-order valence-electron chi connectivity index (χ4n) is 3.03. The predicted molar refractivity (Wildman–Crippen MR) is 101 cm³/mol. The minimum absolute atomic E-state index is 0.0162. The molecule has 1 saturated heterocycles. The molecular weight excluding hydrogens is 328 g/mol. The average Bonchev–Trinajstić information content (AvgIpc) is 2.68. The van der Waals surface area contributed by atoms with E-state index in [9.17, 15) is 9.59 Å². The van der Waals surface area contributed by atoms with Crippen LogP contribution in [0.25, 0.3) is 0 Å². The third-order valence-electron chi connectivity index (χ3n) is 4.58. The number of nitrogens with one attached hydrogen (secondary N) is 1. The molecule has 136 valence electrons. The number of benzene rings is 2. The number of carbonyl (C=O) groups excluding carboxylic acids is 2. The molecule has 1 fully saturated rings. The molecule has 1 N–H and O–H groups in total. The number of anilines is 1. The highest BCUT2D eigenvalue weighted by atomic mass is 16.5. The molecule has 0 atom stereocenters. The van der Waals surface area contributed by atoms with Gasteiger partial charge in [-0.25, -0.2) is 4.79 Å². The van der Waals surface area contributed by atoms with E-state index in [4.69, 9.17) is 4.74 Å². The Morgan fingerprint density at radius 3 is 2.50 bits per heavy atom. The lowest BCUT2D eigenvalue weighted by Crippen LogP contribution is -2.43. The van der Waals surface area contributed by atoms with Crippen molar-refractivity contribution in [3.63, 3.8) is 0 Å². The van der Waals surface area contributed by atoms with Gasteiger partial charge >= 0.3 is 6.03 Å². The van der Waals surface area contributed by atoms with Gasteiger partial charge in [-0.05, 0) is 37.5 Å². The number of amides is 2. The summed E-state index contributed by atoms with van der Waals surface area (Å²) >= 11 is 0. The summed E-state index contributed by atoms with van der Waals surface area (Å²) in [6.45, 7) is 3.45. The monoisotopic (exact) mass is 352 g/mol. The first-order chi connectivity index (χ1) is 12.6. The topological polar surface area (TPSA) is 58.6 Å². The van der Waals surface area contributed by atoms with Crippen molar-refractivity contribution in [2.24, 2.45) is 0 Å². The van der Waals surface area contributed by atoms with Crippen LogP contribution in [0.5, 0.6) is 0 Å². The fourth-order valence-corrected chi connectivity index (χ4v) is 3.03. The molecule has 26 heavy (non-hydrogen) atoms. The third-order valence-corrected chi connectivity index (χ3v) is 4.58. The van der Waals surface area contributed by atoms with Gasteiger partial charge in [0.2, 0.25) is 0 Å². The van der Waals surface area contributed by atoms with Gasteiger partial charge in [0.05, 0.1) is 12.7 Å². The Labute approximate surface area is 154 Å². The van der Waals surface area contributed by atoms with Crippen LogP contribution in [0.4, 0.5) is 10.5 Å². The molecule has 0 radical (unpaired) electrons. The summed E-state index contributed by atoms with van der Waals surface area (Å²) in [5.41, 5.74) is 2.40. The van der Waals surface area contributed by atoms with Crippen molar-refractivity contribution in [2.45, 2.75) is 32.5 Å². The molecule has 0 saturated carbocycles. The summed E-state index contributed by atoms with van der Waals surface area (Å²) in [6, 6.07) is 17.0. The summed E-state index contributed by atoms with van der Waals surface area (Å²) in [5, 5.41) is 2.87. The number of ether oxygens (including phenoxy) is 1. The molecule has 3 rings (SSSR count). The van der Waals surface area contributed by atoms with Crippen LogP contribution in [-0.2, 0) is 11.3 Å². The van der Waals surface area contributed by atoms with Crippen molar-refractivity contribution < 1.29 is 14.3 Å². The lowest BCUT2D eigenvalue weighted by Gasteiger charge is -2.32. The zero-order valence-corrected chi connectivity index (χ0v) is 15.0. The number of hydrogen-bond donors (Lipinski definition) is 1. The maximum Gasteiger partial charge on any atom is 0.321 e. The number of hydrogen-bond acceptors (Lipinski definition) is 3. The lowest BCUT2D eigenvalue weighted by atomic mass is 10.1. The summed E-state index contributed by atoms with van der Waals surface area (Å²) in [5.74, 6) is -0.0162. The van der Waals surface area contributed by atoms with E-state index >= 15 is 0 Å². The number of nitrogens with zero attached hydrogens (tertiary/aromatic N) is 1. The highest BCUT2D eigenvalue weighted by Gasteiger charge is 2.23. The van der Waals surface area contributed by atoms with Gasteiger partial charge in [0, 0.05) is 24.3 Å². The zero-order chi connectivity index (χ0) is 18.4. The van der Waals surface area contributed by atoms with Gasteiger partial charge in [-0.15, -0.1) is 0 Å². The van der Waals surface area contributed by atoms with Crippen LogP contribution < -0.4 is 5.32 Å². The molecule has 1 heterocycles. The predicted octanol–water partition coefficient (Wildman–Crippen LogP) is 4.10. The number of urea groups is 1. The molecular formula is C21H24N2O3. The molecule has 0 unspecified atom stereocenters. The smallest absolute Gasteiger partial charge is 0.321 e. The Balaban J connectivity index is 1.46. The van der Waals surface area contributed by atoms with E-state index in [-0.39, 0.29) is 17.9 Å². The molecule has 2 amide bonds. The van der Waals surface area contributed by atoms with Crippen LogP contribution in [0, 0.1) is 0 Å². The van der Waals surface area contributed by atoms with Crippen molar-refractivity contribution in [3.05, 3.63) is 65.7 Å². The molecule has 5 nitrogen and oxygen atoms in total. The number of likely N-dealkylation sites (tertiary alicyclic amines) is 1. The van der Waals surface area contributed by atoms with E-state index in [2.05, 4.69) is 17.4 Å². The standard InChI is InChI=1S/C21H24N2O3/c1-16(24)18-8-5-9-19(14-18)22-21(25)23-12-10-20(11-13-23)26-15-17-6-3-2-4-7-17/h2-9,14,20H,10-13,15H2,1H3,(H,22,25). The number of ketones is 1. The van der Waals surface area contributed by atoms with Crippen molar-refractivity contribution in [1.29, 1.82) is 0 Å². The Hall–Kier alpha value is -2.66. The molecule has 0 bridgehead atoms. The molecule has 2 aromatic carbocycles. The molecule has 1 aliphatic rings. The molecule has 1 aliphatic heterocycles. The summed E-state index contributed by atoms with van der Waals surface area (Å²) in [6.07, 6.45) is 1.84. The Morgan fingerprint density at radius 2 is 1.81 bits per heavy atom. The second kappa shape index (κ2) is 8.63. The number of piperidine rings is 1. The van der Waals surface area contributed by atoms with Crippen LogP contribution in [0.2, 0.25) is 0 Å². The molecule has 0 aromatic heterocycles. The van der Waals surface area contributed by atoms with Gasteiger partial charge in [0.15, 0.2) is 5.78 Å². The van der Waals surface area contributed by atoms with Gasteiger partial charge in [-0.2, -0.15) is 0 Å². The minimum atomic E-state index is -0.132. The maximum absolute atomic E-state index is 12.4. The quantitative estimate of drug-likeness (QED) is 0.824. The van der Waals surface area contributed by atoms with Gasteiger partial charge in [-0.3, -0.25) is 4.79 Å². The Morgan fingerprint density at radius 1 is 1.08 bits per heavy atom. The number of Topliss-reactive ketones (excluding diaryl/α,β-unsaturated/α-hetero) is 1. The van der Waals surface area contributed by atoms with Crippen molar-refractivity contribution in [2.75, 3.05) is 18.4 Å². The van der Waals surface area contributed by atoms with Crippen LogP contribution in [0.15, 0.2) is 54.6 Å². The Kier molecular flexibility index (Phi) is 6.02. The van der Waals surface area contributed by atoms with Gasteiger partial charge < -0.3 is 15.0 Å². The van der Waals surface area contributed by atoms with Crippen LogP contribution in [0.1, 0.15) is 35.7 Å². The van der Waals surface area contributed by atoms with Gasteiger partial charge in [0.1, 0.15) is 0 Å². The normalized spacial score (nSPS) is 14.9. The van der Waals surface area contributed by atoms with E-state index in [1.165, 1.54) is 6.92 Å². The minimum Gasteiger partial charge on any atom is -0.373 e. The fraction of sp³-hybridized carbons (Fsp3) is 0.333. The highest BCUT2D eigenvalue weighted by molar-refractivity contribution is 5.96. The molecule has 2 aromatic rings. The van der Waals surface area contributed by atoms with Crippen LogP contribution in [0.3, 0.4) is 0 Å². The van der Waals surface area contributed by atoms with E-state index in [0.717, 1.165) is 18.4 Å². The largest absolute Gasteiger partial charge is 0.373 e. The first kappa shape index (κ1) is 18.1. The first-order valence-corrected chi connectivity index (χ1v) is 8.94.